The van der Waals surface area contributed by atoms with Gasteiger partial charge in [0, 0.05) is 6.42 Å². The minimum atomic E-state index is -0.555. The van der Waals surface area contributed by atoms with E-state index < -0.39 is 5.60 Å². The summed E-state index contributed by atoms with van der Waals surface area (Å²) in [5.74, 6) is 0.374. The Morgan fingerprint density at radius 3 is 2.76 bits per heavy atom. The molecule has 1 aromatic heterocycles. The van der Waals surface area contributed by atoms with Crippen LogP contribution in [0.15, 0.2) is 23.0 Å². The first-order valence-corrected chi connectivity index (χ1v) is 6.65. The van der Waals surface area contributed by atoms with E-state index in [-0.39, 0.29) is 5.41 Å². The molecular formula is C15H24O2. The topological polar surface area (TPSA) is 33.4 Å². The molecular weight excluding hydrogens is 212 g/mol. The predicted molar refractivity (Wildman–Crippen MR) is 68.8 cm³/mol. The summed E-state index contributed by atoms with van der Waals surface area (Å²) in [6.07, 6.45) is 8.61. The SMILES string of the molecule is CC(C)(C)C1CCCCC1(O)Cc1ccoc1. The van der Waals surface area contributed by atoms with Crippen LogP contribution in [0.2, 0.25) is 0 Å². The quantitative estimate of drug-likeness (QED) is 0.847. The molecule has 96 valence electrons. The number of hydrogen-bond donors (Lipinski definition) is 1. The van der Waals surface area contributed by atoms with Gasteiger partial charge in [-0.15, -0.1) is 0 Å². The summed E-state index contributed by atoms with van der Waals surface area (Å²) < 4.78 is 5.11. The van der Waals surface area contributed by atoms with Gasteiger partial charge in [-0.05, 0) is 35.8 Å². The maximum atomic E-state index is 11.0. The highest BCUT2D eigenvalue weighted by molar-refractivity contribution is 5.12. The normalized spacial score (nSPS) is 30.5. The van der Waals surface area contributed by atoms with Crippen molar-refractivity contribution in [1.29, 1.82) is 0 Å². The molecule has 0 saturated heterocycles. The first kappa shape index (κ1) is 12.7. The summed E-state index contributed by atoms with van der Waals surface area (Å²) in [6, 6.07) is 1.96. The molecule has 0 aromatic carbocycles. The van der Waals surface area contributed by atoms with E-state index in [0.717, 1.165) is 31.2 Å². The van der Waals surface area contributed by atoms with Crippen LogP contribution >= 0.6 is 0 Å². The maximum Gasteiger partial charge on any atom is 0.0935 e. The number of furan rings is 1. The van der Waals surface area contributed by atoms with E-state index in [4.69, 9.17) is 4.42 Å². The zero-order valence-corrected chi connectivity index (χ0v) is 11.2. The second kappa shape index (κ2) is 4.49. The van der Waals surface area contributed by atoms with Gasteiger partial charge in [0.1, 0.15) is 0 Å². The zero-order chi connectivity index (χ0) is 12.5. The third-order valence-electron chi connectivity index (χ3n) is 4.14. The molecule has 1 fully saturated rings. The average Bonchev–Trinajstić information content (AvgIpc) is 2.68. The van der Waals surface area contributed by atoms with Gasteiger partial charge in [0.05, 0.1) is 18.1 Å². The zero-order valence-electron chi connectivity index (χ0n) is 11.2. The third kappa shape index (κ3) is 2.74. The summed E-state index contributed by atoms with van der Waals surface area (Å²) in [4.78, 5) is 0. The van der Waals surface area contributed by atoms with Gasteiger partial charge < -0.3 is 9.52 Å². The summed E-state index contributed by atoms with van der Waals surface area (Å²) in [6.45, 7) is 6.72. The lowest BCUT2D eigenvalue weighted by Gasteiger charge is -2.47. The largest absolute Gasteiger partial charge is 0.472 e. The van der Waals surface area contributed by atoms with Crippen molar-refractivity contribution < 1.29 is 9.52 Å². The molecule has 17 heavy (non-hydrogen) atoms. The lowest BCUT2D eigenvalue weighted by atomic mass is 9.62. The lowest BCUT2D eigenvalue weighted by Crippen LogP contribution is -2.48. The van der Waals surface area contributed by atoms with Gasteiger partial charge in [-0.25, -0.2) is 0 Å². The van der Waals surface area contributed by atoms with Crippen LogP contribution in [0, 0.1) is 11.3 Å². The maximum absolute atomic E-state index is 11.0. The van der Waals surface area contributed by atoms with Gasteiger partial charge in [0.25, 0.3) is 0 Å². The number of hydrogen-bond acceptors (Lipinski definition) is 2. The highest BCUT2D eigenvalue weighted by Gasteiger charge is 2.44. The van der Waals surface area contributed by atoms with Crippen molar-refractivity contribution in [2.24, 2.45) is 11.3 Å². The third-order valence-corrected chi connectivity index (χ3v) is 4.14. The second-order valence-electron chi connectivity index (χ2n) is 6.58. The van der Waals surface area contributed by atoms with E-state index in [1.807, 2.05) is 6.07 Å². The fraction of sp³-hybridized carbons (Fsp3) is 0.733. The Hall–Kier alpha value is -0.760. The van der Waals surface area contributed by atoms with Gasteiger partial charge in [-0.1, -0.05) is 33.6 Å². The van der Waals surface area contributed by atoms with Gasteiger partial charge >= 0.3 is 0 Å². The Bertz CT molecular complexity index is 347. The molecule has 1 aliphatic rings. The second-order valence-corrected chi connectivity index (χ2v) is 6.58. The average molecular weight is 236 g/mol. The van der Waals surface area contributed by atoms with Crippen LogP contribution in [0.1, 0.15) is 52.0 Å². The molecule has 2 rings (SSSR count). The highest BCUT2D eigenvalue weighted by Crippen LogP contribution is 2.45. The smallest absolute Gasteiger partial charge is 0.0935 e. The Kier molecular flexibility index (Phi) is 3.35. The Morgan fingerprint density at radius 2 is 2.18 bits per heavy atom. The number of rotatable bonds is 2. The molecule has 1 aromatic rings. The molecule has 0 amide bonds. The monoisotopic (exact) mass is 236 g/mol. The molecule has 2 unspecified atom stereocenters. The first-order valence-electron chi connectivity index (χ1n) is 6.65. The van der Waals surface area contributed by atoms with E-state index in [0.29, 0.717) is 5.92 Å². The van der Waals surface area contributed by atoms with Gasteiger partial charge in [-0.3, -0.25) is 0 Å². The van der Waals surface area contributed by atoms with Crippen LogP contribution in [0.25, 0.3) is 0 Å². The van der Waals surface area contributed by atoms with Crippen LogP contribution in [-0.4, -0.2) is 10.7 Å². The molecule has 0 bridgehead atoms. The van der Waals surface area contributed by atoms with Gasteiger partial charge in [0.2, 0.25) is 0 Å². The standard InChI is InChI=1S/C15H24O2/c1-14(2,3)13-6-4-5-8-15(13,16)10-12-7-9-17-11-12/h7,9,11,13,16H,4-6,8,10H2,1-3H3. The van der Waals surface area contributed by atoms with E-state index in [1.54, 1.807) is 12.5 Å². The van der Waals surface area contributed by atoms with Crippen molar-refractivity contribution in [1.82, 2.24) is 0 Å². The first-order chi connectivity index (χ1) is 7.92. The van der Waals surface area contributed by atoms with E-state index in [9.17, 15) is 5.11 Å². The molecule has 1 aliphatic carbocycles. The van der Waals surface area contributed by atoms with Crippen molar-refractivity contribution >= 4 is 0 Å². The predicted octanol–water partition coefficient (Wildman–Crippen LogP) is 3.79. The summed E-state index contributed by atoms with van der Waals surface area (Å²) in [5, 5.41) is 11.0. The van der Waals surface area contributed by atoms with E-state index >= 15 is 0 Å². The van der Waals surface area contributed by atoms with Crippen molar-refractivity contribution in [3.8, 4) is 0 Å². The van der Waals surface area contributed by atoms with Crippen LogP contribution in [0.5, 0.6) is 0 Å². The molecule has 2 heteroatoms. The minimum absolute atomic E-state index is 0.166. The van der Waals surface area contributed by atoms with Crippen molar-refractivity contribution in [2.75, 3.05) is 0 Å². The highest BCUT2D eigenvalue weighted by atomic mass is 16.3. The van der Waals surface area contributed by atoms with Gasteiger partial charge in [-0.2, -0.15) is 0 Å². The molecule has 0 radical (unpaired) electrons. The lowest BCUT2D eigenvalue weighted by molar-refractivity contribution is -0.0889. The fourth-order valence-corrected chi connectivity index (χ4v) is 3.42. The van der Waals surface area contributed by atoms with Crippen molar-refractivity contribution in [2.45, 2.75) is 58.5 Å². The van der Waals surface area contributed by atoms with E-state index in [2.05, 4.69) is 20.8 Å². The summed E-state index contributed by atoms with van der Waals surface area (Å²) in [5.41, 5.74) is 0.725. The van der Waals surface area contributed by atoms with Crippen LogP contribution in [0.4, 0.5) is 0 Å². The van der Waals surface area contributed by atoms with Crippen molar-refractivity contribution in [3.05, 3.63) is 24.2 Å². The Balaban J connectivity index is 2.19. The van der Waals surface area contributed by atoms with Gasteiger partial charge in [0.15, 0.2) is 0 Å². The Morgan fingerprint density at radius 1 is 1.41 bits per heavy atom. The van der Waals surface area contributed by atoms with Crippen molar-refractivity contribution in [3.63, 3.8) is 0 Å². The van der Waals surface area contributed by atoms with Crippen LogP contribution in [0.3, 0.4) is 0 Å². The van der Waals surface area contributed by atoms with Crippen LogP contribution in [-0.2, 0) is 6.42 Å². The number of aliphatic hydroxyl groups is 1. The summed E-state index contributed by atoms with van der Waals surface area (Å²) in [7, 11) is 0. The molecule has 0 spiro atoms. The van der Waals surface area contributed by atoms with E-state index in [1.165, 1.54) is 6.42 Å². The molecule has 1 heterocycles. The molecule has 1 saturated carbocycles. The fourth-order valence-electron chi connectivity index (χ4n) is 3.42. The Labute approximate surface area is 104 Å². The summed E-state index contributed by atoms with van der Waals surface area (Å²) >= 11 is 0. The molecule has 0 aliphatic heterocycles. The molecule has 1 N–H and O–H groups in total. The molecule has 2 nitrogen and oxygen atoms in total. The molecule has 2 atom stereocenters. The minimum Gasteiger partial charge on any atom is -0.472 e. The van der Waals surface area contributed by atoms with Crippen LogP contribution < -0.4 is 0 Å².